The molecule has 35 heavy (non-hydrogen) atoms. The molecule has 0 radical (unpaired) electrons. The molecule has 0 amide bonds. The molecule has 2 fully saturated rings. The number of aliphatic hydroxyl groups is 1. The van der Waals surface area contributed by atoms with Gasteiger partial charge >= 0.3 is 15.2 Å². The number of hydrogen-bond donors (Lipinski definition) is 13. The molecule has 2 aliphatic rings. The summed E-state index contributed by atoms with van der Waals surface area (Å²) in [5.41, 5.74) is 0. The Labute approximate surface area is 208 Å². The lowest BCUT2D eigenvalue weighted by molar-refractivity contribution is 0.211. The van der Waals surface area contributed by atoms with Crippen LogP contribution in [0.5, 0.6) is 0 Å². The summed E-state index contributed by atoms with van der Waals surface area (Å²) < 4.78 is 20.2. The zero-order chi connectivity index (χ0) is 26.3. The molecule has 1 atom stereocenters. The van der Waals surface area contributed by atoms with Crippen molar-refractivity contribution in [3.05, 3.63) is 0 Å². The molecule has 15 nitrogen and oxygen atoms in total. The van der Waals surface area contributed by atoms with Gasteiger partial charge in [0.1, 0.15) is 0 Å². The minimum atomic E-state index is -4.79. The molecule has 0 spiro atoms. The van der Waals surface area contributed by atoms with Crippen molar-refractivity contribution in [3.63, 3.8) is 0 Å². The zero-order valence-corrected chi connectivity index (χ0v) is 22.3. The minimum Gasteiger partial charge on any atom is -0.380 e. The second-order valence-electron chi connectivity index (χ2n) is 7.92. The topological polar surface area (TPSA) is 232 Å². The lowest BCUT2D eigenvalue weighted by atomic mass is 10.4. The van der Waals surface area contributed by atoms with E-state index in [1.54, 1.807) is 0 Å². The largest absolute Gasteiger partial charge is 0.380 e. The van der Waals surface area contributed by atoms with Crippen molar-refractivity contribution in [2.24, 2.45) is 0 Å². The van der Waals surface area contributed by atoms with E-state index in [0.717, 1.165) is 105 Å². The molecule has 0 aromatic carbocycles. The first-order valence-corrected chi connectivity index (χ1v) is 15.5. The van der Waals surface area contributed by atoms with Gasteiger partial charge in [0.25, 0.3) is 0 Å². The highest BCUT2D eigenvalue weighted by Gasteiger charge is 2.32. The van der Waals surface area contributed by atoms with E-state index in [9.17, 15) is 9.13 Å². The molecule has 2 saturated heterocycles. The second-order valence-corrected chi connectivity index (χ2v) is 11.4. The Kier molecular flexibility index (Phi) is 23.0. The molecule has 2 rings (SSSR count). The predicted octanol–water partition coefficient (Wildman–Crippen LogP) is -4.62. The average molecular weight is 551 g/mol. The van der Waals surface area contributed by atoms with Gasteiger partial charge in [0, 0.05) is 105 Å². The molecule has 0 bridgehead atoms. The van der Waals surface area contributed by atoms with Gasteiger partial charge in [-0.1, -0.05) is 0 Å². The van der Waals surface area contributed by atoms with Crippen LogP contribution in [0.25, 0.3) is 0 Å². The summed E-state index contributed by atoms with van der Waals surface area (Å²) in [6.45, 7) is 17.1. The van der Waals surface area contributed by atoms with Gasteiger partial charge < -0.3 is 67.2 Å². The Balaban J connectivity index is 0.000000496. The normalized spacial score (nSPS) is 21.6. The number of rotatable bonds is 3. The number of nitrogens with one attached hydrogen (secondary N) is 8. The van der Waals surface area contributed by atoms with Crippen LogP contribution in [0.1, 0.15) is 0 Å². The van der Waals surface area contributed by atoms with Gasteiger partial charge in [0.15, 0.2) is 5.85 Å². The summed E-state index contributed by atoms with van der Waals surface area (Å²) in [5.74, 6) is -2.29. The summed E-state index contributed by atoms with van der Waals surface area (Å²) in [4.78, 5) is 32.7. The smallest absolute Gasteiger partial charge is 0.354 e. The van der Waals surface area contributed by atoms with Crippen molar-refractivity contribution in [1.82, 2.24) is 42.5 Å². The third-order valence-corrected chi connectivity index (χ3v) is 6.69. The quantitative estimate of drug-likeness (QED) is 0.148. The summed E-state index contributed by atoms with van der Waals surface area (Å²) in [5, 5.41) is 35.3. The minimum absolute atomic E-state index is 1.07. The van der Waals surface area contributed by atoms with E-state index in [2.05, 4.69) is 42.5 Å². The molecule has 0 aromatic rings. The molecular weight excluding hydrogens is 502 g/mol. The van der Waals surface area contributed by atoms with Crippen molar-refractivity contribution in [2.75, 3.05) is 111 Å². The summed E-state index contributed by atoms with van der Waals surface area (Å²) in [6, 6.07) is 0. The zero-order valence-electron chi connectivity index (χ0n) is 20.5. The first-order chi connectivity index (χ1) is 16.6. The van der Waals surface area contributed by atoms with Gasteiger partial charge in [-0.15, -0.1) is 0 Å². The van der Waals surface area contributed by atoms with Crippen LogP contribution in [0.15, 0.2) is 0 Å². The Hall–Kier alpha value is -0.0600. The fourth-order valence-electron chi connectivity index (χ4n) is 2.73. The fourth-order valence-corrected chi connectivity index (χ4v) is 4.65. The van der Waals surface area contributed by atoms with Gasteiger partial charge in [-0.25, -0.2) is 0 Å². The first-order valence-electron chi connectivity index (χ1n) is 12.1. The number of hydrogen-bond acceptors (Lipinski definition) is 11. The van der Waals surface area contributed by atoms with E-state index in [4.69, 9.17) is 24.7 Å². The average Bonchev–Trinajstić information content (AvgIpc) is 2.74. The maximum atomic E-state index is 10.1. The van der Waals surface area contributed by atoms with Gasteiger partial charge in [-0.3, -0.25) is 9.13 Å². The van der Waals surface area contributed by atoms with Crippen molar-refractivity contribution >= 4 is 15.2 Å². The molecule has 0 aromatic heterocycles. The lowest BCUT2D eigenvalue weighted by Gasteiger charge is -2.12. The molecule has 1 unspecified atom stereocenters. The van der Waals surface area contributed by atoms with Crippen molar-refractivity contribution in [2.45, 2.75) is 5.85 Å². The molecule has 2 aliphatic heterocycles. The Morgan fingerprint density at radius 1 is 0.457 bits per heavy atom. The highest BCUT2D eigenvalue weighted by atomic mass is 31.2. The van der Waals surface area contributed by atoms with Crippen LogP contribution in [0.3, 0.4) is 0 Å². The van der Waals surface area contributed by atoms with Gasteiger partial charge in [0.2, 0.25) is 0 Å². The molecule has 212 valence electrons. The van der Waals surface area contributed by atoms with E-state index < -0.39 is 27.2 Å². The third-order valence-electron chi connectivity index (χ3n) is 4.62. The number of aliphatic hydroxyl groups excluding tert-OH is 1. The standard InChI is InChI=1S/2C8H20N4.C2H8O7P2/c2*1-2-10-5-6-12-8-7-11-4-3-9-1;3-2(11(7,8)9)1-10(4,5)6/h2*9-12H,1-8H2;2-3H,1H2,(H2,4,5,6)(H2,7,8,9). The molecule has 0 saturated carbocycles. The van der Waals surface area contributed by atoms with Gasteiger partial charge in [0.05, 0.1) is 6.16 Å². The summed E-state index contributed by atoms with van der Waals surface area (Å²) >= 11 is 0. The Bertz CT molecular complexity index is 461. The van der Waals surface area contributed by atoms with E-state index in [1.807, 2.05) is 0 Å². The van der Waals surface area contributed by atoms with E-state index >= 15 is 0 Å². The van der Waals surface area contributed by atoms with E-state index in [1.165, 1.54) is 0 Å². The maximum Gasteiger partial charge on any atom is 0.354 e. The summed E-state index contributed by atoms with van der Waals surface area (Å²) in [7, 11) is -9.35. The second kappa shape index (κ2) is 23.1. The Morgan fingerprint density at radius 2 is 0.629 bits per heavy atom. The molecule has 17 heteroatoms. The molecule has 13 N–H and O–H groups in total. The van der Waals surface area contributed by atoms with Crippen LogP contribution in [0, 0.1) is 0 Å². The van der Waals surface area contributed by atoms with Crippen LogP contribution >= 0.6 is 15.2 Å². The van der Waals surface area contributed by atoms with Gasteiger partial charge in [-0.05, 0) is 0 Å². The predicted molar refractivity (Wildman–Crippen MR) is 138 cm³/mol. The lowest BCUT2D eigenvalue weighted by Crippen LogP contribution is -2.39. The van der Waals surface area contributed by atoms with Crippen LogP contribution in [0.4, 0.5) is 0 Å². The highest BCUT2D eigenvalue weighted by Crippen LogP contribution is 2.47. The van der Waals surface area contributed by atoms with E-state index in [-0.39, 0.29) is 0 Å². The van der Waals surface area contributed by atoms with Crippen LogP contribution in [-0.4, -0.2) is 141 Å². The molecule has 0 aliphatic carbocycles. The third kappa shape index (κ3) is 28.4. The van der Waals surface area contributed by atoms with E-state index in [0.29, 0.717) is 0 Å². The van der Waals surface area contributed by atoms with Crippen molar-refractivity contribution in [1.29, 1.82) is 0 Å². The van der Waals surface area contributed by atoms with Gasteiger partial charge in [-0.2, -0.15) is 0 Å². The van der Waals surface area contributed by atoms with Crippen LogP contribution < -0.4 is 42.5 Å². The summed E-state index contributed by atoms with van der Waals surface area (Å²) in [6.07, 6.45) is -1.22. The van der Waals surface area contributed by atoms with Crippen molar-refractivity contribution in [3.8, 4) is 0 Å². The SMILES string of the molecule is C1CNCCNCCNCCN1.C1CNCCNCCNCCN1.O=P(O)(O)CC(O)P(=O)(O)O. The maximum absolute atomic E-state index is 10.1. The Morgan fingerprint density at radius 3 is 0.714 bits per heavy atom. The first kappa shape index (κ1) is 34.9. The van der Waals surface area contributed by atoms with Crippen LogP contribution in [0.2, 0.25) is 0 Å². The van der Waals surface area contributed by atoms with Crippen LogP contribution in [-0.2, 0) is 9.13 Å². The van der Waals surface area contributed by atoms with Crippen molar-refractivity contribution < 1.29 is 33.8 Å². The highest BCUT2D eigenvalue weighted by molar-refractivity contribution is 7.56. The fraction of sp³-hybridized carbons (Fsp3) is 1.00. The molecule has 2 heterocycles. The molecular formula is C18H48N8O7P2. The monoisotopic (exact) mass is 550 g/mol.